The fourth-order valence-corrected chi connectivity index (χ4v) is 2.92. The van der Waals surface area contributed by atoms with Gasteiger partial charge >= 0.3 is 0 Å². The predicted octanol–water partition coefficient (Wildman–Crippen LogP) is 4.04. The van der Waals surface area contributed by atoms with Crippen molar-refractivity contribution in [1.82, 2.24) is 9.97 Å². The lowest BCUT2D eigenvalue weighted by Crippen LogP contribution is -2.12. The highest BCUT2D eigenvalue weighted by Crippen LogP contribution is 2.23. The molecular weight excluding hydrogens is 286 g/mol. The summed E-state index contributed by atoms with van der Waals surface area (Å²) in [5.74, 6) is 0.859. The first-order valence-electron chi connectivity index (χ1n) is 7.59. The molecule has 1 aromatic carbocycles. The largest absolute Gasteiger partial charge is 0.378 e. The Morgan fingerprint density at radius 3 is 2.95 bits per heavy atom. The lowest BCUT2D eigenvalue weighted by molar-refractivity contribution is 0.0583. The van der Waals surface area contributed by atoms with E-state index in [1.807, 2.05) is 18.2 Å². The van der Waals surface area contributed by atoms with Gasteiger partial charge in [0.2, 0.25) is 0 Å². The van der Waals surface area contributed by atoms with Crippen LogP contribution < -0.4 is 5.32 Å². The van der Waals surface area contributed by atoms with E-state index in [0.717, 1.165) is 36.3 Å². The zero-order chi connectivity index (χ0) is 14.5. The lowest BCUT2D eigenvalue weighted by Gasteiger charge is -2.12. The van der Waals surface area contributed by atoms with Gasteiger partial charge in [-0.25, -0.2) is 9.97 Å². The zero-order valence-electron chi connectivity index (χ0n) is 12.0. The molecule has 2 aromatic rings. The van der Waals surface area contributed by atoms with E-state index in [4.69, 9.17) is 16.3 Å². The number of aromatic nitrogens is 2. The number of hydrogen-bond acceptors (Lipinski definition) is 4. The van der Waals surface area contributed by atoms with Crippen LogP contribution in [0.5, 0.6) is 0 Å². The van der Waals surface area contributed by atoms with Gasteiger partial charge in [-0.2, -0.15) is 0 Å². The first-order chi connectivity index (χ1) is 10.3. The Morgan fingerprint density at radius 1 is 1.24 bits per heavy atom. The molecular formula is C16H20ClN3O. The average Bonchev–Trinajstić information content (AvgIpc) is 3.00. The summed E-state index contributed by atoms with van der Waals surface area (Å²) in [6.45, 7) is 1.66. The number of rotatable bonds is 6. The number of benzene rings is 1. The maximum atomic E-state index is 5.98. The molecule has 0 saturated heterocycles. The highest BCUT2D eigenvalue weighted by molar-refractivity contribution is 6.31. The van der Waals surface area contributed by atoms with Crippen LogP contribution in [0.25, 0.3) is 10.9 Å². The van der Waals surface area contributed by atoms with E-state index in [9.17, 15) is 0 Å². The summed E-state index contributed by atoms with van der Waals surface area (Å²) in [4.78, 5) is 8.54. The van der Waals surface area contributed by atoms with Gasteiger partial charge in [0.25, 0.3) is 0 Å². The Kier molecular flexibility index (Phi) is 4.88. The Morgan fingerprint density at radius 2 is 2.10 bits per heavy atom. The number of fused-ring (bicyclic) bond motifs is 1. The molecule has 0 aliphatic heterocycles. The third kappa shape index (κ3) is 3.83. The molecule has 0 amide bonds. The van der Waals surface area contributed by atoms with Crippen LogP contribution in [-0.4, -0.2) is 29.2 Å². The minimum atomic E-state index is 0.493. The predicted molar refractivity (Wildman–Crippen MR) is 85.9 cm³/mol. The topological polar surface area (TPSA) is 47.0 Å². The molecule has 1 aliphatic rings. The van der Waals surface area contributed by atoms with Crippen LogP contribution in [-0.2, 0) is 4.74 Å². The Balaban J connectivity index is 1.50. The zero-order valence-corrected chi connectivity index (χ0v) is 12.8. The molecule has 1 fully saturated rings. The van der Waals surface area contributed by atoms with E-state index in [-0.39, 0.29) is 0 Å². The Bertz CT molecular complexity index is 599. The summed E-state index contributed by atoms with van der Waals surface area (Å²) in [6.07, 6.45) is 8.13. The minimum Gasteiger partial charge on any atom is -0.378 e. The molecule has 0 radical (unpaired) electrons. The average molecular weight is 306 g/mol. The lowest BCUT2D eigenvalue weighted by atomic mass is 10.2. The van der Waals surface area contributed by atoms with Crippen molar-refractivity contribution in [1.29, 1.82) is 0 Å². The van der Waals surface area contributed by atoms with Crippen molar-refractivity contribution in [2.45, 2.75) is 38.2 Å². The number of anilines is 1. The summed E-state index contributed by atoms with van der Waals surface area (Å²) >= 11 is 5.98. The number of hydrogen-bond donors (Lipinski definition) is 1. The summed E-state index contributed by atoms with van der Waals surface area (Å²) in [6, 6.07) is 5.67. The van der Waals surface area contributed by atoms with E-state index >= 15 is 0 Å². The summed E-state index contributed by atoms with van der Waals surface area (Å²) in [5, 5.41) is 5.05. The molecule has 1 heterocycles. The number of halogens is 1. The first kappa shape index (κ1) is 14.5. The van der Waals surface area contributed by atoms with Crippen molar-refractivity contribution in [2.24, 2.45) is 0 Å². The van der Waals surface area contributed by atoms with Gasteiger partial charge in [0.15, 0.2) is 0 Å². The fourth-order valence-electron chi connectivity index (χ4n) is 2.76. The monoisotopic (exact) mass is 305 g/mol. The second-order valence-electron chi connectivity index (χ2n) is 5.44. The van der Waals surface area contributed by atoms with Gasteiger partial charge < -0.3 is 10.1 Å². The van der Waals surface area contributed by atoms with Crippen molar-refractivity contribution in [2.75, 3.05) is 18.5 Å². The van der Waals surface area contributed by atoms with Crippen molar-refractivity contribution in [3.05, 3.63) is 29.5 Å². The molecule has 0 bridgehead atoms. The van der Waals surface area contributed by atoms with Crippen molar-refractivity contribution in [3.8, 4) is 0 Å². The summed E-state index contributed by atoms with van der Waals surface area (Å²) < 4.78 is 5.85. The molecule has 1 aromatic heterocycles. The van der Waals surface area contributed by atoms with E-state index in [0.29, 0.717) is 11.1 Å². The Labute approximate surface area is 129 Å². The van der Waals surface area contributed by atoms with Gasteiger partial charge in [0.1, 0.15) is 12.1 Å². The second kappa shape index (κ2) is 7.05. The molecule has 5 heteroatoms. The van der Waals surface area contributed by atoms with Crippen LogP contribution in [0.15, 0.2) is 24.5 Å². The Hall–Kier alpha value is -1.39. The molecule has 0 spiro atoms. The van der Waals surface area contributed by atoms with Gasteiger partial charge in [0.05, 0.1) is 11.6 Å². The smallest absolute Gasteiger partial charge is 0.137 e. The van der Waals surface area contributed by atoms with Crippen LogP contribution in [0.2, 0.25) is 5.02 Å². The van der Waals surface area contributed by atoms with E-state index < -0.39 is 0 Å². The SMILES string of the molecule is Clc1ccc2c(NCCCOC3CCCC3)ncnc2c1. The quantitative estimate of drug-likeness (QED) is 0.818. The highest BCUT2D eigenvalue weighted by Gasteiger charge is 2.14. The third-order valence-electron chi connectivity index (χ3n) is 3.87. The molecule has 0 atom stereocenters. The molecule has 21 heavy (non-hydrogen) atoms. The standard InChI is InChI=1S/C16H20ClN3O/c17-12-6-7-14-15(10-12)19-11-20-16(14)18-8-3-9-21-13-4-1-2-5-13/h6-7,10-11,13H,1-5,8-9H2,(H,18,19,20). The molecule has 1 saturated carbocycles. The third-order valence-corrected chi connectivity index (χ3v) is 4.10. The molecule has 112 valence electrons. The summed E-state index contributed by atoms with van der Waals surface area (Å²) in [5.41, 5.74) is 0.863. The minimum absolute atomic E-state index is 0.493. The molecule has 3 rings (SSSR count). The first-order valence-corrected chi connectivity index (χ1v) is 7.96. The van der Waals surface area contributed by atoms with Crippen molar-refractivity contribution in [3.63, 3.8) is 0 Å². The van der Waals surface area contributed by atoms with Gasteiger partial charge in [-0.15, -0.1) is 0 Å². The highest BCUT2D eigenvalue weighted by atomic mass is 35.5. The van der Waals surface area contributed by atoms with Crippen LogP contribution in [0.4, 0.5) is 5.82 Å². The van der Waals surface area contributed by atoms with Crippen LogP contribution in [0.1, 0.15) is 32.1 Å². The molecule has 1 aliphatic carbocycles. The molecule has 1 N–H and O–H groups in total. The van der Waals surface area contributed by atoms with E-state index in [2.05, 4.69) is 15.3 Å². The fraction of sp³-hybridized carbons (Fsp3) is 0.500. The second-order valence-corrected chi connectivity index (χ2v) is 5.88. The maximum Gasteiger partial charge on any atom is 0.137 e. The van der Waals surface area contributed by atoms with Gasteiger partial charge in [0, 0.05) is 23.6 Å². The van der Waals surface area contributed by atoms with E-state index in [1.54, 1.807) is 6.33 Å². The normalized spacial score (nSPS) is 15.7. The molecule has 0 unspecified atom stereocenters. The number of nitrogens with one attached hydrogen (secondary N) is 1. The molecule has 4 nitrogen and oxygen atoms in total. The summed E-state index contributed by atoms with van der Waals surface area (Å²) in [7, 11) is 0. The van der Waals surface area contributed by atoms with Crippen LogP contribution in [0.3, 0.4) is 0 Å². The van der Waals surface area contributed by atoms with Crippen molar-refractivity contribution >= 4 is 28.3 Å². The number of nitrogens with zero attached hydrogens (tertiary/aromatic N) is 2. The van der Waals surface area contributed by atoms with Crippen LogP contribution >= 0.6 is 11.6 Å². The van der Waals surface area contributed by atoms with Crippen LogP contribution in [0, 0.1) is 0 Å². The van der Waals surface area contributed by atoms with Gasteiger partial charge in [-0.3, -0.25) is 0 Å². The maximum absolute atomic E-state index is 5.98. The van der Waals surface area contributed by atoms with Crippen molar-refractivity contribution < 1.29 is 4.74 Å². The van der Waals surface area contributed by atoms with Gasteiger partial charge in [-0.1, -0.05) is 24.4 Å². The van der Waals surface area contributed by atoms with E-state index in [1.165, 1.54) is 25.7 Å². The number of ether oxygens (including phenoxy) is 1. The van der Waals surface area contributed by atoms with Gasteiger partial charge in [-0.05, 0) is 37.5 Å².